The first kappa shape index (κ1) is 13.4. The maximum Gasteiger partial charge on any atom is 0.124 e. The summed E-state index contributed by atoms with van der Waals surface area (Å²) in [6, 6.07) is 4.65. The van der Waals surface area contributed by atoms with Crippen LogP contribution in [-0.2, 0) is 6.42 Å². The van der Waals surface area contributed by atoms with Crippen molar-refractivity contribution in [2.75, 3.05) is 0 Å². The lowest BCUT2D eigenvalue weighted by Gasteiger charge is -2.38. The molecule has 3 rings (SSSR count). The molecule has 0 saturated heterocycles. The summed E-state index contributed by atoms with van der Waals surface area (Å²) in [5.74, 6) is 1.45. The van der Waals surface area contributed by atoms with Crippen molar-refractivity contribution >= 4 is 11.6 Å². The minimum Gasteiger partial charge on any atom is -0.325 e. The first-order valence-electron chi connectivity index (χ1n) is 7.29. The molecule has 1 nitrogen and oxygen atoms in total. The van der Waals surface area contributed by atoms with Gasteiger partial charge in [-0.05, 0) is 61.6 Å². The fourth-order valence-corrected chi connectivity index (χ4v) is 3.85. The molecule has 0 aliphatic heterocycles. The highest BCUT2D eigenvalue weighted by Gasteiger charge is 2.40. The van der Waals surface area contributed by atoms with E-state index >= 15 is 0 Å². The van der Waals surface area contributed by atoms with Crippen LogP contribution in [-0.4, -0.2) is 5.54 Å². The van der Waals surface area contributed by atoms with Crippen LogP contribution in [0.5, 0.6) is 0 Å². The Morgan fingerprint density at radius 3 is 2.74 bits per heavy atom. The molecule has 2 unspecified atom stereocenters. The summed E-state index contributed by atoms with van der Waals surface area (Å²) in [5.41, 5.74) is 7.44. The first-order chi connectivity index (χ1) is 9.06. The van der Waals surface area contributed by atoms with E-state index in [4.69, 9.17) is 17.3 Å². The zero-order chi connectivity index (χ0) is 13.5. The van der Waals surface area contributed by atoms with Crippen molar-refractivity contribution in [3.8, 4) is 0 Å². The molecule has 2 saturated carbocycles. The topological polar surface area (TPSA) is 26.0 Å². The molecule has 0 bridgehead atoms. The molecule has 2 aliphatic rings. The van der Waals surface area contributed by atoms with Gasteiger partial charge in [0.1, 0.15) is 5.82 Å². The van der Waals surface area contributed by atoms with Gasteiger partial charge >= 0.3 is 0 Å². The first-order valence-corrected chi connectivity index (χ1v) is 7.66. The molecule has 1 aromatic rings. The second-order valence-corrected chi connectivity index (χ2v) is 6.88. The highest BCUT2D eigenvalue weighted by molar-refractivity contribution is 6.31. The van der Waals surface area contributed by atoms with Crippen molar-refractivity contribution in [1.82, 2.24) is 0 Å². The van der Waals surface area contributed by atoms with Gasteiger partial charge in [0.2, 0.25) is 0 Å². The molecule has 0 heterocycles. The monoisotopic (exact) mass is 281 g/mol. The number of hydrogen-bond acceptors (Lipinski definition) is 1. The third kappa shape index (κ3) is 3.11. The average molecular weight is 282 g/mol. The number of halogens is 2. The molecule has 0 amide bonds. The predicted octanol–water partition coefficient (Wildman–Crippen LogP) is 4.32. The summed E-state index contributed by atoms with van der Waals surface area (Å²) in [7, 11) is 0. The van der Waals surface area contributed by atoms with Gasteiger partial charge in [-0.15, -0.1) is 0 Å². The third-order valence-corrected chi connectivity index (χ3v) is 5.12. The Morgan fingerprint density at radius 2 is 2.05 bits per heavy atom. The van der Waals surface area contributed by atoms with Crippen LogP contribution in [0.3, 0.4) is 0 Å². The zero-order valence-corrected chi connectivity index (χ0v) is 11.9. The van der Waals surface area contributed by atoms with Crippen molar-refractivity contribution < 1.29 is 4.39 Å². The van der Waals surface area contributed by atoms with Crippen molar-refractivity contribution in [3.63, 3.8) is 0 Å². The fourth-order valence-electron chi connectivity index (χ4n) is 3.62. The fraction of sp³-hybridized carbons (Fsp3) is 0.625. The lowest BCUT2D eigenvalue weighted by Crippen LogP contribution is -2.46. The van der Waals surface area contributed by atoms with Crippen LogP contribution in [0.1, 0.15) is 44.1 Å². The highest BCUT2D eigenvalue weighted by atomic mass is 35.5. The normalized spacial score (nSPS) is 31.4. The quantitative estimate of drug-likeness (QED) is 0.877. The van der Waals surface area contributed by atoms with Gasteiger partial charge < -0.3 is 5.73 Å². The molecular formula is C16H21ClFN. The molecule has 19 heavy (non-hydrogen) atoms. The van der Waals surface area contributed by atoms with E-state index in [1.165, 1.54) is 37.8 Å². The van der Waals surface area contributed by atoms with E-state index in [2.05, 4.69) is 0 Å². The summed E-state index contributed by atoms with van der Waals surface area (Å²) in [4.78, 5) is 0. The zero-order valence-electron chi connectivity index (χ0n) is 11.2. The molecule has 0 spiro atoms. The predicted molar refractivity (Wildman–Crippen MR) is 76.7 cm³/mol. The minimum absolute atomic E-state index is 0.146. The Morgan fingerprint density at radius 1 is 1.26 bits per heavy atom. The Balaban J connectivity index is 1.73. The van der Waals surface area contributed by atoms with Gasteiger partial charge in [0.15, 0.2) is 0 Å². The van der Waals surface area contributed by atoms with Gasteiger partial charge in [-0.1, -0.05) is 30.5 Å². The summed E-state index contributed by atoms with van der Waals surface area (Å²) in [6.07, 6.45) is 8.26. The molecule has 2 aliphatic carbocycles. The van der Waals surface area contributed by atoms with Crippen molar-refractivity contribution in [1.29, 1.82) is 0 Å². The van der Waals surface area contributed by atoms with E-state index in [0.29, 0.717) is 5.02 Å². The molecular weight excluding hydrogens is 261 g/mol. The van der Waals surface area contributed by atoms with E-state index in [-0.39, 0.29) is 11.4 Å². The van der Waals surface area contributed by atoms with E-state index in [0.717, 1.165) is 36.7 Å². The molecule has 2 fully saturated rings. The summed E-state index contributed by atoms with van der Waals surface area (Å²) < 4.78 is 13.1. The van der Waals surface area contributed by atoms with Crippen LogP contribution in [0.4, 0.5) is 4.39 Å². The molecule has 0 aromatic heterocycles. The number of rotatable bonds is 3. The van der Waals surface area contributed by atoms with E-state index in [9.17, 15) is 4.39 Å². The summed E-state index contributed by atoms with van der Waals surface area (Å²) in [6.45, 7) is 0. The smallest absolute Gasteiger partial charge is 0.124 e. The maximum absolute atomic E-state index is 13.1. The van der Waals surface area contributed by atoms with Crippen LogP contribution in [0, 0.1) is 17.7 Å². The molecule has 104 valence electrons. The largest absolute Gasteiger partial charge is 0.325 e. The van der Waals surface area contributed by atoms with Crippen LogP contribution < -0.4 is 5.73 Å². The number of nitrogens with two attached hydrogens (primary N) is 1. The molecule has 2 N–H and O–H groups in total. The Kier molecular flexibility index (Phi) is 3.57. The van der Waals surface area contributed by atoms with Gasteiger partial charge in [-0.25, -0.2) is 4.39 Å². The van der Waals surface area contributed by atoms with E-state index < -0.39 is 0 Å². The van der Waals surface area contributed by atoms with Gasteiger partial charge in [0.05, 0.1) is 0 Å². The molecule has 0 radical (unpaired) electrons. The van der Waals surface area contributed by atoms with Crippen molar-refractivity contribution in [2.45, 2.75) is 50.5 Å². The van der Waals surface area contributed by atoms with Crippen LogP contribution in [0.25, 0.3) is 0 Å². The van der Waals surface area contributed by atoms with Gasteiger partial charge in [-0.2, -0.15) is 0 Å². The third-order valence-electron chi connectivity index (χ3n) is 4.76. The Bertz CT molecular complexity index is 472. The summed E-state index contributed by atoms with van der Waals surface area (Å²) in [5, 5.41) is 0.512. The van der Waals surface area contributed by atoms with E-state index in [1.807, 2.05) is 0 Å². The maximum atomic E-state index is 13.1. The molecule has 2 atom stereocenters. The molecule has 3 heteroatoms. The van der Waals surface area contributed by atoms with Crippen LogP contribution in [0.2, 0.25) is 5.02 Å². The SMILES string of the molecule is NC1(Cc2ccc(F)cc2Cl)CCCC(C2CC2)C1. The summed E-state index contributed by atoms with van der Waals surface area (Å²) >= 11 is 6.13. The number of hydrogen-bond donors (Lipinski definition) is 1. The lowest BCUT2D eigenvalue weighted by atomic mass is 9.72. The highest BCUT2D eigenvalue weighted by Crippen LogP contribution is 2.46. The molecule has 1 aromatic carbocycles. The number of benzene rings is 1. The van der Waals surface area contributed by atoms with Crippen molar-refractivity contribution in [2.24, 2.45) is 17.6 Å². The lowest BCUT2D eigenvalue weighted by molar-refractivity contribution is 0.204. The standard InChI is InChI=1S/C16H21ClFN/c17-15-8-14(18)6-5-13(15)10-16(19)7-1-2-12(9-16)11-3-4-11/h5-6,8,11-12H,1-4,7,9-10,19H2. The van der Waals surface area contributed by atoms with Crippen molar-refractivity contribution in [3.05, 3.63) is 34.6 Å². The second kappa shape index (κ2) is 5.06. The van der Waals surface area contributed by atoms with Gasteiger partial charge in [-0.3, -0.25) is 0 Å². The Labute approximate surface area is 119 Å². The van der Waals surface area contributed by atoms with Gasteiger partial charge in [0.25, 0.3) is 0 Å². The second-order valence-electron chi connectivity index (χ2n) is 6.47. The minimum atomic E-state index is -0.278. The van der Waals surface area contributed by atoms with E-state index in [1.54, 1.807) is 6.07 Å². The Hall–Kier alpha value is -0.600. The van der Waals surface area contributed by atoms with Crippen LogP contribution in [0.15, 0.2) is 18.2 Å². The average Bonchev–Trinajstić information content (AvgIpc) is 3.17. The van der Waals surface area contributed by atoms with Gasteiger partial charge in [0, 0.05) is 10.6 Å². The van der Waals surface area contributed by atoms with Crippen LogP contribution >= 0.6 is 11.6 Å².